The molecule has 1 rings (SSSR count). The van der Waals surface area contributed by atoms with Crippen LogP contribution >= 0.6 is 0 Å². The van der Waals surface area contributed by atoms with Crippen LogP contribution in [0.15, 0.2) is 0 Å². The van der Waals surface area contributed by atoms with E-state index in [9.17, 15) is 4.79 Å². The first-order valence-corrected chi connectivity index (χ1v) is 6.12. The molecule has 0 aromatic rings. The van der Waals surface area contributed by atoms with E-state index in [2.05, 4.69) is 11.4 Å². The predicted molar refractivity (Wildman–Crippen MR) is 62.7 cm³/mol. The molecule has 16 heavy (non-hydrogen) atoms. The molecule has 90 valence electrons. The van der Waals surface area contributed by atoms with Crippen LogP contribution in [0.25, 0.3) is 0 Å². The molecule has 1 atom stereocenters. The monoisotopic (exact) mass is 223 g/mol. The lowest BCUT2D eigenvalue weighted by molar-refractivity contribution is -0.131. The topological polar surface area (TPSA) is 56.1 Å². The van der Waals surface area contributed by atoms with Gasteiger partial charge in [-0.2, -0.15) is 5.26 Å². The van der Waals surface area contributed by atoms with Gasteiger partial charge in [-0.05, 0) is 26.2 Å². The van der Waals surface area contributed by atoms with Crippen molar-refractivity contribution in [2.75, 3.05) is 26.2 Å². The van der Waals surface area contributed by atoms with Crippen LogP contribution in [0.5, 0.6) is 0 Å². The molecule has 1 heterocycles. The predicted octanol–water partition coefficient (Wildman–Crippen LogP) is 1.14. The van der Waals surface area contributed by atoms with Crippen LogP contribution in [0.3, 0.4) is 0 Å². The van der Waals surface area contributed by atoms with E-state index in [0.717, 1.165) is 25.9 Å². The lowest BCUT2D eigenvalue weighted by Crippen LogP contribution is -2.37. The van der Waals surface area contributed by atoms with Crippen molar-refractivity contribution >= 4 is 5.91 Å². The number of rotatable bonds is 5. The average Bonchev–Trinajstić information content (AvgIpc) is 2.35. The molecule has 4 heteroatoms. The Morgan fingerprint density at radius 1 is 1.44 bits per heavy atom. The SMILES string of the molecule is CC(C#N)CNCCC(=O)N1CCCCC1. The highest BCUT2D eigenvalue weighted by Crippen LogP contribution is 2.09. The second-order valence-corrected chi connectivity index (χ2v) is 4.43. The average molecular weight is 223 g/mol. The molecule has 0 aliphatic carbocycles. The molecule has 0 bridgehead atoms. The summed E-state index contributed by atoms with van der Waals surface area (Å²) in [6.45, 7) is 5.07. The molecule has 1 saturated heterocycles. The number of carbonyl (C=O) groups excluding carboxylic acids is 1. The summed E-state index contributed by atoms with van der Waals surface area (Å²) in [4.78, 5) is 13.7. The minimum atomic E-state index is 0.0186. The smallest absolute Gasteiger partial charge is 0.223 e. The highest BCUT2D eigenvalue weighted by atomic mass is 16.2. The number of hydrogen-bond acceptors (Lipinski definition) is 3. The van der Waals surface area contributed by atoms with Crippen molar-refractivity contribution in [2.45, 2.75) is 32.6 Å². The molecule has 1 fully saturated rings. The summed E-state index contributed by atoms with van der Waals surface area (Å²) in [6.07, 6.45) is 4.09. The van der Waals surface area contributed by atoms with E-state index in [1.807, 2.05) is 11.8 Å². The van der Waals surface area contributed by atoms with Gasteiger partial charge in [-0.1, -0.05) is 0 Å². The number of likely N-dealkylation sites (tertiary alicyclic amines) is 1. The van der Waals surface area contributed by atoms with Crippen LogP contribution in [-0.2, 0) is 4.79 Å². The third kappa shape index (κ3) is 4.63. The Kier molecular flexibility index (Phi) is 5.87. The van der Waals surface area contributed by atoms with Gasteiger partial charge in [0.25, 0.3) is 0 Å². The first-order valence-electron chi connectivity index (χ1n) is 6.12. The summed E-state index contributed by atoms with van der Waals surface area (Å²) < 4.78 is 0. The van der Waals surface area contributed by atoms with E-state index in [1.54, 1.807) is 0 Å². The molecule has 1 aliphatic rings. The molecule has 1 aliphatic heterocycles. The maximum Gasteiger partial charge on any atom is 0.223 e. The van der Waals surface area contributed by atoms with Crippen molar-refractivity contribution in [3.05, 3.63) is 0 Å². The Morgan fingerprint density at radius 2 is 2.12 bits per heavy atom. The number of nitrogens with zero attached hydrogens (tertiary/aromatic N) is 2. The number of nitrogens with one attached hydrogen (secondary N) is 1. The Balaban J connectivity index is 2.08. The molecule has 4 nitrogen and oxygen atoms in total. The Bertz CT molecular complexity index is 253. The second-order valence-electron chi connectivity index (χ2n) is 4.43. The van der Waals surface area contributed by atoms with Gasteiger partial charge in [-0.3, -0.25) is 4.79 Å². The van der Waals surface area contributed by atoms with Gasteiger partial charge in [-0.25, -0.2) is 0 Å². The molecule has 0 radical (unpaired) electrons. The lowest BCUT2D eigenvalue weighted by Gasteiger charge is -2.26. The molecule has 0 spiro atoms. The number of carbonyl (C=O) groups is 1. The third-order valence-corrected chi connectivity index (χ3v) is 2.90. The lowest BCUT2D eigenvalue weighted by atomic mass is 10.1. The van der Waals surface area contributed by atoms with Crippen LogP contribution in [0, 0.1) is 17.2 Å². The van der Waals surface area contributed by atoms with E-state index >= 15 is 0 Å². The van der Waals surface area contributed by atoms with E-state index in [0.29, 0.717) is 19.5 Å². The van der Waals surface area contributed by atoms with Gasteiger partial charge < -0.3 is 10.2 Å². The molecule has 0 saturated carbocycles. The minimum Gasteiger partial charge on any atom is -0.343 e. The summed E-state index contributed by atoms with van der Waals surface area (Å²) in [7, 11) is 0. The van der Waals surface area contributed by atoms with Gasteiger partial charge in [-0.15, -0.1) is 0 Å². The van der Waals surface area contributed by atoms with Gasteiger partial charge in [0.15, 0.2) is 0 Å². The zero-order valence-electron chi connectivity index (χ0n) is 10.0. The number of amides is 1. The first-order chi connectivity index (χ1) is 7.74. The largest absolute Gasteiger partial charge is 0.343 e. The van der Waals surface area contributed by atoms with E-state index in [4.69, 9.17) is 5.26 Å². The highest BCUT2D eigenvalue weighted by molar-refractivity contribution is 5.76. The Morgan fingerprint density at radius 3 is 2.75 bits per heavy atom. The molecule has 0 aromatic heterocycles. The Hall–Kier alpha value is -1.08. The van der Waals surface area contributed by atoms with Crippen LogP contribution in [0.1, 0.15) is 32.6 Å². The summed E-state index contributed by atoms with van der Waals surface area (Å²) in [6, 6.07) is 2.16. The van der Waals surface area contributed by atoms with Crippen molar-refractivity contribution in [3.63, 3.8) is 0 Å². The molecule has 0 aromatic carbocycles. The zero-order valence-corrected chi connectivity index (χ0v) is 10.0. The van der Waals surface area contributed by atoms with Crippen molar-refractivity contribution < 1.29 is 4.79 Å². The third-order valence-electron chi connectivity index (χ3n) is 2.90. The van der Waals surface area contributed by atoms with Gasteiger partial charge >= 0.3 is 0 Å². The summed E-state index contributed by atoms with van der Waals surface area (Å²) in [5.74, 6) is 0.266. The van der Waals surface area contributed by atoms with E-state index in [-0.39, 0.29) is 11.8 Å². The van der Waals surface area contributed by atoms with Gasteiger partial charge in [0, 0.05) is 32.6 Å². The Labute approximate surface area is 97.6 Å². The maximum absolute atomic E-state index is 11.7. The van der Waals surface area contributed by atoms with E-state index < -0.39 is 0 Å². The van der Waals surface area contributed by atoms with Crippen LogP contribution in [0.2, 0.25) is 0 Å². The highest BCUT2D eigenvalue weighted by Gasteiger charge is 2.15. The minimum absolute atomic E-state index is 0.0186. The number of nitriles is 1. The zero-order chi connectivity index (χ0) is 11.8. The van der Waals surface area contributed by atoms with E-state index in [1.165, 1.54) is 6.42 Å². The molecular formula is C12H21N3O. The van der Waals surface area contributed by atoms with Crippen LogP contribution in [-0.4, -0.2) is 37.0 Å². The standard InChI is InChI=1S/C12H21N3O/c1-11(9-13)10-14-6-5-12(16)15-7-3-2-4-8-15/h11,14H,2-8,10H2,1H3. The summed E-state index contributed by atoms with van der Waals surface area (Å²) in [5, 5.41) is 11.7. The summed E-state index contributed by atoms with van der Waals surface area (Å²) in [5.41, 5.74) is 0. The fourth-order valence-electron chi connectivity index (χ4n) is 1.86. The maximum atomic E-state index is 11.7. The molecule has 1 N–H and O–H groups in total. The number of hydrogen-bond donors (Lipinski definition) is 1. The van der Waals surface area contributed by atoms with Gasteiger partial charge in [0.05, 0.1) is 12.0 Å². The van der Waals surface area contributed by atoms with Crippen LogP contribution in [0.4, 0.5) is 0 Å². The van der Waals surface area contributed by atoms with Crippen molar-refractivity contribution in [2.24, 2.45) is 5.92 Å². The number of piperidine rings is 1. The fraction of sp³-hybridized carbons (Fsp3) is 0.833. The quantitative estimate of drug-likeness (QED) is 0.711. The van der Waals surface area contributed by atoms with Crippen molar-refractivity contribution in [3.8, 4) is 6.07 Å². The molecule has 1 unspecified atom stereocenters. The van der Waals surface area contributed by atoms with Crippen LogP contribution < -0.4 is 5.32 Å². The second kappa shape index (κ2) is 7.24. The summed E-state index contributed by atoms with van der Waals surface area (Å²) >= 11 is 0. The van der Waals surface area contributed by atoms with Gasteiger partial charge in [0.1, 0.15) is 0 Å². The fourth-order valence-corrected chi connectivity index (χ4v) is 1.86. The molecular weight excluding hydrogens is 202 g/mol. The van der Waals surface area contributed by atoms with Crippen molar-refractivity contribution in [1.29, 1.82) is 5.26 Å². The van der Waals surface area contributed by atoms with Crippen molar-refractivity contribution in [1.82, 2.24) is 10.2 Å². The normalized spacial score (nSPS) is 17.9. The first kappa shape index (κ1) is 13.0. The molecule has 1 amide bonds. The van der Waals surface area contributed by atoms with Gasteiger partial charge in [0.2, 0.25) is 5.91 Å².